The largest absolute Gasteiger partial charge is 0.366 e. The van der Waals surface area contributed by atoms with Crippen LogP contribution in [-0.2, 0) is 20.8 Å². The summed E-state index contributed by atoms with van der Waals surface area (Å²) >= 11 is 2.59. The number of nitrogens with one attached hydrogen (secondary N) is 3. The second-order valence-electron chi connectivity index (χ2n) is 6.84. The van der Waals surface area contributed by atoms with Gasteiger partial charge in [0.25, 0.3) is 5.91 Å². The highest BCUT2D eigenvalue weighted by molar-refractivity contribution is 8.01. The van der Waals surface area contributed by atoms with Crippen molar-refractivity contribution in [1.82, 2.24) is 4.98 Å². The van der Waals surface area contributed by atoms with Crippen molar-refractivity contribution in [2.24, 2.45) is 5.73 Å². The molecule has 3 aromatic rings. The van der Waals surface area contributed by atoms with E-state index in [9.17, 15) is 19.2 Å². The van der Waals surface area contributed by atoms with Crippen molar-refractivity contribution < 1.29 is 19.2 Å². The van der Waals surface area contributed by atoms with Crippen LogP contribution in [-0.4, -0.2) is 34.4 Å². The fourth-order valence-corrected chi connectivity index (χ4v) is 4.45. The molecule has 9 nitrogen and oxygen atoms in total. The van der Waals surface area contributed by atoms with Gasteiger partial charge in [-0.1, -0.05) is 30.0 Å². The molecule has 0 unspecified atom stereocenters. The summed E-state index contributed by atoms with van der Waals surface area (Å²) in [7, 11) is 0. The van der Waals surface area contributed by atoms with Gasteiger partial charge in [0.15, 0.2) is 4.34 Å². The van der Waals surface area contributed by atoms with E-state index in [4.69, 9.17) is 5.73 Å². The highest BCUT2D eigenvalue weighted by Crippen LogP contribution is 2.24. The van der Waals surface area contributed by atoms with Crippen LogP contribution < -0.4 is 21.7 Å². The predicted octanol–water partition coefficient (Wildman–Crippen LogP) is 3.11. The molecule has 33 heavy (non-hydrogen) atoms. The van der Waals surface area contributed by atoms with Gasteiger partial charge in [0.1, 0.15) is 0 Å². The molecule has 0 aliphatic heterocycles. The molecule has 1 aromatic heterocycles. The molecule has 0 fully saturated rings. The summed E-state index contributed by atoms with van der Waals surface area (Å²) in [5.41, 5.74) is 7.62. The van der Waals surface area contributed by atoms with Crippen molar-refractivity contribution in [3.05, 3.63) is 65.2 Å². The number of nitrogens with two attached hydrogens (primary N) is 1. The van der Waals surface area contributed by atoms with Crippen LogP contribution in [0.2, 0.25) is 0 Å². The van der Waals surface area contributed by atoms with Gasteiger partial charge in [0.05, 0.1) is 29.1 Å². The minimum Gasteiger partial charge on any atom is -0.366 e. The van der Waals surface area contributed by atoms with E-state index in [1.165, 1.54) is 36.1 Å². The number of primary amides is 1. The van der Waals surface area contributed by atoms with E-state index in [-0.39, 0.29) is 35.5 Å². The zero-order valence-electron chi connectivity index (χ0n) is 17.6. The van der Waals surface area contributed by atoms with Crippen molar-refractivity contribution in [3.63, 3.8) is 0 Å². The molecule has 11 heteroatoms. The van der Waals surface area contributed by atoms with Crippen molar-refractivity contribution in [2.45, 2.75) is 17.7 Å². The average molecular weight is 484 g/mol. The normalized spacial score (nSPS) is 10.3. The van der Waals surface area contributed by atoms with Gasteiger partial charge in [-0.3, -0.25) is 19.2 Å². The Morgan fingerprint density at radius 1 is 0.970 bits per heavy atom. The quantitative estimate of drug-likeness (QED) is 0.344. The Hall–Kier alpha value is -3.70. The zero-order chi connectivity index (χ0) is 23.8. The van der Waals surface area contributed by atoms with Gasteiger partial charge in [-0.15, -0.1) is 11.3 Å². The maximum Gasteiger partial charge on any atom is 0.250 e. The molecule has 0 aliphatic rings. The Labute approximate surface area is 198 Å². The van der Waals surface area contributed by atoms with E-state index in [2.05, 4.69) is 20.9 Å². The molecule has 3 rings (SSSR count). The third-order valence-electron chi connectivity index (χ3n) is 4.13. The molecule has 0 bridgehead atoms. The summed E-state index contributed by atoms with van der Waals surface area (Å²) in [6, 6.07) is 13.3. The number of rotatable bonds is 9. The summed E-state index contributed by atoms with van der Waals surface area (Å²) in [4.78, 5) is 51.6. The van der Waals surface area contributed by atoms with Crippen LogP contribution in [0.4, 0.5) is 17.1 Å². The zero-order valence-corrected chi connectivity index (χ0v) is 19.2. The maximum atomic E-state index is 12.3. The van der Waals surface area contributed by atoms with Crippen LogP contribution >= 0.6 is 23.1 Å². The molecule has 1 heterocycles. The number of nitrogens with zero attached hydrogens (tertiary/aromatic N) is 1. The van der Waals surface area contributed by atoms with Crippen molar-refractivity contribution in [2.75, 3.05) is 21.7 Å². The van der Waals surface area contributed by atoms with E-state index in [1.54, 1.807) is 47.8 Å². The number of carbonyl (C=O) groups is 4. The number of benzene rings is 2. The predicted molar refractivity (Wildman–Crippen MR) is 130 cm³/mol. The molecule has 2 aromatic carbocycles. The molecule has 170 valence electrons. The first-order valence-corrected chi connectivity index (χ1v) is 11.6. The van der Waals surface area contributed by atoms with Crippen LogP contribution in [0.3, 0.4) is 0 Å². The van der Waals surface area contributed by atoms with Crippen molar-refractivity contribution >= 4 is 63.8 Å². The topological polar surface area (TPSA) is 143 Å². The van der Waals surface area contributed by atoms with Crippen molar-refractivity contribution in [3.8, 4) is 0 Å². The maximum absolute atomic E-state index is 12.3. The number of carbonyl (C=O) groups excluding carboxylic acids is 4. The first kappa shape index (κ1) is 24.0. The number of amides is 4. The summed E-state index contributed by atoms with van der Waals surface area (Å²) in [5.74, 6) is -1.24. The number of thiazole rings is 1. The van der Waals surface area contributed by atoms with E-state index in [0.29, 0.717) is 27.1 Å². The lowest BCUT2D eigenvalue weighted by Crippen LogP contribution is -2.19. The third-order valence-corrected chi connectivity index (χ3v) is 6.20. The SMILES string of the molecule is CC(=O)Nc1cccc(NC(=O)CSc2nc(CC(=O)Nc3ccccc3C(N)=O)cs2)c1. The van der Waals surface area contributed by atoms with Gasteiger partial charge in [-0.25, -0.2) is 4.98 Å². The van der Waals surface area contributed by atoms with Crippen LogP contribution in [0, 0.1) is 0 Å². The monoisotopic (exact) mass is 483 g/mol. The van der Waals surface area contributed by atoms with E-state index >= 15 is 0 Å². The Morgan fingerprint density at radius 3 is 2.42 bits per heavy atom. The molecule has 4 amide bonds. The molecule has 0 radical (unpaired) electrons. The third kappa shape index (κ3) is 7.44. The molecule has 0 aliphatic carbocycles. The number of hydrogen-bond donors (Lipinski definition) is 4. The molecule has 0 spiro atoms. The highest BCUT2D eigenvalue weighted by atomic mass is 32.2. The number of aromatic nitrogens is 1. The van der Waals surface area contributed by atoms with Gasteiger partial charge < -0.3 is 21.7 Å². The lowest BCUT2D eigenvalue weighted by molar-refractivity contribution is -0.116. The minimum atomic E-state index is -0.627. The molecule has 0 saturated heterocycles. The molecule has 5 N–H and O–H groups in total. The number of para-hydroxylation sites is 1. The fourth-order valence-electron chi connectivity index (χ4n) is 2.80. The van der Waals surface area contributed by atoms with Gasteiger partial charge >= 0.3 is 0 Å². The van der Waals surface area contributed by atoms with E-state index in [0.717, 1.165) is 0 Å². The Morgan fingerprint density at radius 2 is 1.70 bits per heavy atom. The van der Waals surface area contributed by atoms with Gasteiger partial charge in [-0.05, 0) is 30.3 Å². The second kappa shape index (κ2) is 11.2. The number of thioether (sulfide) groups is 1. The van der Waals surface area contributed by atoms with E-state index < -0.39 is 5.91 Å². The Kier molecular flexibility index (Phi) is 8.17. The van der Waals surface area contributed by atoms with Crippen molar-refractivity contribution in [1.29, 1.82) is 0 Å². The number of hydrogen-bond acceptors (Lipinski definition) is 7. The minimum absolute atomic E-state index is 0.0201. The van der Waals surface area contributed by atoms with Gasteiger partial charge in [-0.2, -0.15) is 0 Å². The fraction of sp³-hybridized carbons (Fsp3) is 0.136. The van der Waals surface area contributed by atoms with Crippen LogP contribution in [0.5, 0.6) is 0 Å². The smallest absolute Gasteiger partial charge is 0.250 e. The first-order valence-electron chi connectivity index (χ1n) is 9.73. The molecular weight excluding hydrogens is 462 g/mol. The average Bonchev–Trinajstić information content (AvgIpc) is 3.19. The summed E-state index contributed by atoms with van der Waals surface area (Å²) in [6.45, 7) is 1.41. The highest BCUT2D eigenvalue weighted by Gasteiger charge is 2.13. The summed E-state index contributed by atoms with van der Waals surface area (Å²) in [6.07, 6.45) is 0.0201. The number of anilines is 3. The lowest BCUT2D eigenvalue weighted by Gasteiger charge is -2.08. The van der Waals surface area contributed by atoms with E-state index in [1.807, 2.05) is 0 Å². The van der Waals surface area contributed by atoms with Crippen LogP contribution in [0.25, 0.3) is 0 Å². The summed E-state index contributed by atoms with van der Waals surface area (Å²) in [5, 5.41) is 9.85. The standard InChI is InChI=1S/C22H21N5O4S2/c1-13(28)24-14-5-4-6-15(9-14)25-20(30)12-33-22-26-16(11-32-22)10-19(29)27-18-8-3-2-7-17(18)21(23)31/h2-9,11H,10,12H2,1H3,(H2,23,31)(H,24,28)(H,25,30)(H,27,29). The molecule has 0 atom stereocenters. The second-order valence-corrected chi connectivity index (χ2v) is 8.92. The molecule has 0 saturated carbocycles. The summed E-state index contributed by atoms with van der Waals surface area (Å²) < 4.78 is 0.650. The Bertz CT molecular complexity index is 1190. The molecular formula is C22H21N5O4S2. The van der Waals surface area contributed by atoms with Gasteiger partial charge in [0, 0.05) is 23.7 Å². The first-order chi connectivity index (χ1) is 15.8. The van der Waals surface area contributed by atoms with Crippen LogP contribution in [0.15, 0.2) is 58.3 Å². The lowest BCUT2D eigenvalue weighted by atomic mass is 10.1. The Balaban J connectivity index is 1.50. The van der Waals surface area contributed by atoms with Gasteiger partial charge in [0.2, 0.25) is 17.7 Å². The van der Waals surface area contributed by atoms with Crippen LogP contribution in [0.1, 0.15) is 23.0 Å².